The van der Waals surface area contributed by atoms with Gasteiger partial charge in [0.15, 0.2) is 6.29 Å². The van der Waals surface area contributed by atoms with Crippen molar-refractivity contribution in [3.05, 3.63) is 60.8 Å². The molecule has 11 heteroatoms. The van der Waals surface area contributed by atoms with Crippen LogP contribution in [0, 0.1) is 0 Å². The van der Waals surface area contributed by atoms with E-state index in [1.165, 1.54) is 199 Å². The first kappa shape index (κ1) is 74.8. The standard InChI is InChI=1S/C68H125NO10/c1-3-5-7-9-11-13-15-17-19-21-23-25-27-28-29-30-31-32-33-34-36-38-40-42-44-46-48-50-52-54-56-61(72)67(77)69-59(58-78-68-66(76)65(75)64(74)62(57-70)79-68)63(73)60(71)55-53-51-49-47-45-43-41-39-37-35-26-24-22-20-18-16-14-12-10-8-6-4-2/h23-26,28-29,39,41,47,49,59-66,68,70-76H,3-22,27,30-38,40,42-46,48,50-58H2,1-2H3,(H,69,77)/b25-23-,26-24+,29-28-,41-39+,49-47+. The van der Waals surface area contributed by atoms with Crippen molar-refractivity contribution in [2.24, 2.45) is 0 Å². The highest BCUT2D eigenvalue weighted by atomic mass is 16.7. The molecule has 79 heavy (non-hydrogen) atoms. The van der Waals surface area contributed by atoms with E-state index in [4.69, 9.17) is 9.47 Å². The van der Waals surface area contributed by atoms with Crippen LogP contribution in [0.2, 0.25) is 0 Å². The second-order valence-corrected chi connectivity index (χ2v) is 23.2. The van der Waals surface area contributed by atoms with Gasteiger partial charge in [-0.15, -0.1) is 0 Å². The summed E-state index contributed by atoms with van der Waals surface area (Å²) in [6, 6.07) is -1.20. The van der Waals surface area contributed by atoms with Crippen LogP contribution in [-0.2, 0) is 14.3 Å². The summed E-state index contributed by atoms with van der Waals surface area (Å²) in [5, 5.41) is 76.3. The van der Waals surface area contributed by atoms with Gasteiger partial charge in [0, 0.05) is 0 Å². The summed E-state index contributed by atoms with van der Waals surface area (Å²) in [5.41, 5.74) is 0. The molecule has 9 unspecified atom stereocenters. The Labute approximate surface area is 484 Å². The molecule has 0 aromatic carbocycles. The molecule has 1 heterocycles. The molecule has 1 amide bonds. The van der Waals surface area contributed by atoms with E-state index in [9.17, 15) is 40.5 Å². The number of nitrogens with one attached hydrogen (secondary N) is 1. The van der Waals surface area contributed by atoms with Gasteiger partial charge in [0.05, 0.1) is 25.4 Å². The number of aliphatic hydroxyl groups excluding tert-OH is 7. The summed E-state index contributed by atoms with van der Waals surface area (Å²) in [6.45, 7) is 3.46. The van der Waals surface area contributed by atoms with Crippen LogP contribution in [0.25, 0.3) is 0 Å². The zero-order valence-electron chi connectivity index (χ0n) is 50.9. The molecule has 0 spiro atoms. The summed E-state index contributed by atoms with van der Waals surface area (Å²) >= 11 is 0. The number of carbonyl (C=O) groups excluding carboxylic acids is 1. The molecule has 1 fully saturated rings. The van der Waals surface area contributed by atoms with Gasteiger partial charge < -0.3 is 50.5 Å². The fourth-order valence-corrected chi connectivity index (χ4v) is 10.4. The molecule has 0 aromatic heterocycles. The maximum Gasteiger partial charge on any atom is 0.249 e. The molecule has 8 N–H and O–H groups in total. The molecule has 9 atom stereocenters. The largest absolute Gasteiger partial charge is 0.394 e. The van der Waals surface area contributed by atoms with Gasteiger partial charge in [-0.2, -0.15) is 0 Å². The van der Waals surface area contributed by atoms with E-state index in [1.807, 2.05) is 0 Å². The molecular weight excluding hydrogens is 991 g/mol. The average molecular weight is 1120 g/mol. The highest BCUT2D eigenvalue weighted by molar-refractivity contribution is 5.80. The Bertz CT molecular complexity index is 1470. The van der Waals surface area contributed by atoms with Gasteiger partial charge in [-0.3, -0.25) is 4.79 Å². The first-order chi connectivity index (χ1) is 38.7. The quantitative estimate of drug-likeness (QED) is 0.0215. The molecule has 1 aliphatic heterocycles. The van der Waals surface area contributed by atoms with Crippen LogP contribution in [-0.4, -0.2) is 110 Å². The second-order valence-electron chi connectivity index (χ2n) is 23.2. The van der Waals surface area contributed by atoms with Gasteiger partial charge >= 0.3 is 0 Å². The van der Waals surface area contributed by atoms with Crippen molar-refractivity contribution in [1.82, 2.24) is 5.32 Å². The molecule has 0 aliphatic carbocycles. The van der Waals surface area contributed by atoms with E-state index < -0.39 is 74.2 Å². The number of amides is 1. The molecule has 0 saturated carbocycles. The van der Waals surface area contributed by atoms with Gasteiger partial charge in [0.2, 0.25) is 5.91 Å². The number of hydrogen-bond acceptors (Lipinski definition) is 10. The summed E-state index contributed by atoms with van der Waals surface area (Å²) < 4.78 is 11.2. The van der Waals surface area contributed by atoms with Gasteiger partial charge in [-0.25, -0.2) is 0 Å². The number of allylic oxidation sites excluding steroid dienone is 10. The number of carbonyl (C=O) groups is 1. The van der Waals surface area contributed by atoms with Crippen molar-refractivity contribution in [2.75, 3.05) is 13.2 Å². The van der Waals surface area contributed by atoms with Crippen LogP contribution in [0.3, 0.4) is 0 Å². The van der Waals surface area contributed by atoms with E-state index in [-0.39, 0.29) is 12.8 Å². The molecule has 11 nitrogen and oxygen atoms in total. The predicted octanol–water partition coefficient (Wildman–Crippen LogP) is 15.4. The molecule has 1 rings (SSSR count). The lowest BCUT2D eigenvalue weighted by Crippen LogP contribution is -2.60. The van der Waals surface area contributed by atoms with Crippen molar-refractivity contribution < 1.29 is 50.0 Å². The van der Waals surface area contributed by atoms with Crippen molar-refractivity contribution in [3.63, 3.8) is 0 Å². The predicted molar refractivity (Wildman–Crippen MR) is 330 cm³/mol. The molecule has 0 bridgehead atoms. The molecule has 0 aromatic rings. The number of hydrogen-bond donors (Lipinski definition) is 8. The topological polar surface area (TPSA) is 189 Å². The van der Waals surface area contributed by atoms with Crippen molar-refractivity contribution in [3.8, 4) is 0 Å². The highest BCUT2D eigenvalue weighted by Crippen LogP contribution is 2.23. The van der Waals surface area contributed by atoms with Crippen LogP contribution in [0.1, 0.15) is 296 Å². The van der Waals surface area contributed by atoms with E-state index in [2.05, 4.69) is 79.9 Å². The summed E-state index contributed by atoms with van der Waals surface area (Å²) in [6.07, 6.45) is 62.9. The maximum absolute atomic E-state index is 13.2. The lowest BCUT2D eigenvalue weighted by molar-refractivity contribution is -0.303. The summed E-state index contributed by atoms with van der Waals surface area (Å²) in [5.74, 6) is -0.711. The summed E-state index contributed by atoms with van der Waals surface area (Å²) in [4.78, 5) is 13.2. The Morgan fingerprint density at radius 1 is 0.443 bits per heavy atom. The zero-order valence-corrected chi connectivity index (χ0v) is 50.9. The fraction of sp³-hybridized carbons (Fsp3) is 0.838. The molecule has 1 saturated heterocycles. The van der Waals surface area contributed by atoms with Crippen molar-refractivity contribution in [2.45, 2.75) is 351 Å². The molecule has 1 aliphatic rings. The normalized spacial score (nSPS) is 19.7. The van der Waals surface area contributed by atoms with E-state index in [1.54, 1.807) is 0 Å². The van der Waals surface area contributed by atoms with E-state index in [0.717, 1.165) is 51.4 Å². The SMILES string of the molecule is CCCCCCCCCCC/C=C\C/C=C\CCCCCCCCCCCCCCCCC(O)C(=O)NC(COC1OC(CO)C(O)C(O)C1O)C(O)C(O)CCC/C=C/CC/C=C/CC/C=C/CCCCCCCCCCC. The first-order valence-electron chi connectivity index (χ1n) is 33.2. The monoisotopic (exact) mass is 1120 g/mol. The Hall–Kier alpha value is -2.19. The third-order valence-corrected chi connectivity index (χ3v) is 15.7. The molecule has 462 valence electrons. The number of ether oxygens (including phenoxy) is 2. The zero-order chi connectivity index (χ0) is 57.5. The van der Waals surface area contributed by atoms with Crippen LogP contribution in [0.15, 0.2) is 60.8 Å². The Balaban J connectivity index is 2.26. The first-order valence-corrected chi connectivity index (χ1v) is 33.2. The molecule has 0 radical (unpaired) electrons. The number of rotatable bonds is 57. The van der Waals surface area contributed by atoms with Gasteiger partial charge in [-0.1, -0.05) is 261 Å². The minimum absolute atomic E-state index is 0.240. The lowest BCUT2D eigenvalue weighted by atomic mass is 9.98. The number of unbranched alkanes of at least 4 members (excludes halogenated alkanes) is 35. The van der Waals surface area contributed by atoms with Crippen LogP contribution < -0.4 is 5.32 Å². The van der Waals surface area contributed by atoms with E-state index in [0.29, 0.717) is 19.3 Å². The highest BCUT2D eigenvalue weighted by Gasteiger charge is 2.44. The van der Waals surface area contributed by atoms with E-state index >= 15 is 0 Å². The minimum Gasteiger partial charge on any atom is -0.394 e. The Morgan fingerprint density at radius 2 is 0.797 bits per heavy atom. The third-order valence-electron chi connectivity index (χ3n) is 15.7. The summed E-state index contributed by atoms with van der Waals surface area (Å²) in [7, 11) is 0. The lowest BCUT2D eigenvalue weighted by Gasteiger charge is -2.40. The average Bonchev–Trinajstić information content (AvgIpc) is 3.46. The number of aliphatic hydroxyl groups is 7. The van der Waals surface area contributed by atoms with Crippen molar-refractivity contribution in [1.29, 1.82) is 0 Å². The second kappa shape index (κ2) is 56.3. The third kappa shape index (κ3) is 44.1. The van der Waals surface area contributed by atoms with Crippen LogP contribution in [0.4, 0.5) is 0 Å². The van der Waals surface area contributed by atoms with Gasteiger partial charge in [-0.05, 0) is 96.3 Å². The Kier molecular flexibility index (Phi) is 53.3. The maximum atomic E-state index is 13.2. The fourth-order valence-electron chi connectivity index (χ4n) is 10.4. The Morgan fingerprint density at radius 3 is 1.20 bits per heavy atom. The van der Waals surface area contributed by atoms with Crippen LogP contribution in [0.5, 0.6) is 0 Å². The van der Waals surface area contributed by atoms with Gasteiger partial charge in [0.25, 0.3) is 0 Å². The van der Waals surface area contributed by atoms with Crippen molar-refractivity contribution >= 4 is 5.91 Å². The smallest absolute Gasteiger partial charge is 0.249 e. The molecular formula is C68H125NO10. The minimum atomic E-state index is -1.68. The van der Waals surface area contributed by atoms with Gasteiger partial charge in [0.1, 0.15) is 36.6 Å². The van der Waals surface area contributed by atoms with Crippen LogP contribution >= 0.6 is 0 Å².